The lowest BCUT2D eigenvalue weighted by molar-refractivity contribution is -0.117. The molecule has 0 aliphatic heterocycles. The third kappa shape index (κ3) is 8.60. The first kappa shape index (κ1) is 24.7. The van der Waals surface area contributed by atoms with Gasteiger partial charge in [0, 0.05) is 13.1 Å². The first-order valence-corrected chi connectivity index (χ1v) is 10.3. The molecule has 0 atom stereocenters. The Bertz CT molecular complexity index is 1050. The zero-order chi connectivity index (χ0) is 24.1. The SMILES string of the molecule is N#C/C(=C\c1cccc(O)c1)C(=O)NCCCCCNC(=O)/C(C#N)=C/c1cccc(O)c1. The monoisotopic (exact) mass is 444 g/mol. The molecule has 0 bridgehead atoms. The van der Waals surface area contributed by atoms with Crippen LogP contribution in [0.25, 0.3) is 12.2 Å². The lowest BCUT2D eigenvalue weighted by Gasteiger charge is -2.06. The highest BCUT2D eigenvalue weighted by Crippen LogP contribution is 2.15. The number of phenols is 2. The Kier molecular flexibility index (Phi) is 9.72. The van der Waals surface area contributed by atoms with Crippen molar-refractivity contribution in [2.24, 2.45) is 0 Å². The number of aromatic hydroxyl groups is 2. The number of carbonyl (C=O) groups excluding carboxylic acids is 2. The molecule has 0 saturated carbocycles. The molecule has 0 aliphatic carbocycles. The van der Waals surface area contributed by atoms with Gasteiger partial charge < -0.3 is 20.8 Å². The molecular formula is C25H24N4O4. The van der Waals surface area contributed by atoms with Crippen LogP contribution in [0.4, 0.5) is 0 Å². The van der Waals surface area contributed by atoms with Gasteiger partial charge in [0.15, 0.2) is 0 Å². The molecule has 0 unspecified atom stereocenters. The fourth-order valence-electron chi connectivity index (χ4n) is 2.88. The number of hydrogen-bond donors (Lipinski definition) is 4. The number of nitriles is 2. The minimum Gasteiger partial charge on any atom is -0.508 e. The molecule has 0 aromatic heterocycles. The largest absolute Gasteiger partial charge is 0.508 e. The lowest BCUT2D eigenvalue weighted by Crippen LogP contribution is -2.27. The van der Waals surface area contributed by atoms with Crippen LogP contribution in [0.15, 0.2) is 59.7 Å². The van der Waals surface area contributed by atoms with E-state index in [1.165, 1.54) is 36.4 Å². The van der Waals surface area contributed by atoms with Crippen LogP contribution in [-0.4, -0.2) is 35.1 Å². The van der Waals surface area contributed by atoms with Gasteiger partial charge in [0.1, 0.15) is 34.8 Å². The summed E-state index contributed by atoms with van der Waals surface area (Å²) in [5.74, 6) is -0.898. The number of unbranched alkanes of at least 4 members (excludes halogenated alkanes) is 2. The van der Waals surface area contributed by atoms with Crippen LogP contribution in [0.2, 0.25) is 0 Å². The van der Waals surface area contributed by atoms with E-state index >= 15 is 0 Å². The maximum Gasteiger partial charge on any atom is 0.261 e. The Balaban J connectivity index is 1.70. The van der Waals surface area contributed by atoms with Crippen molar-refractivity contribution >= 4 is 24.0 Å². The van der Waals surface area contributed by atoms with Crippen LogP contribution < -0.4 is 10.6 Å². The Morgan fingerprint density at radius 3 is 1.55 bits per heavy atom. The summed E-state index contributed by atoms with van der Waals surface area (Å²) in [6.07, 6.45) is 4.83. The Morgan fingerprint density at radius 1 is 0.758 bits per heavy atom. The maximum atomic E-state index is 12.1. The third-order valence-corrected chi connectivity index (χ3v) is 4.52. The molecule has 0 heterocycles. The molecule has 4 N–H and O–H groups in total. The Hall–Kier alpha value is -4.56. The third-order valence-electron chi connectivity index (χ3n) is 4.52. The van der Waals surface area contributed by atoms with Crippen molar-refractivity contribution in [1.29, 1.82) is 10.5 Å². The average Bonchev–Trinajstić information content (AvgIpc) is 2.80. The first-order valence-electron chi connectivity index (χ1n) is 10.3. The molecule has 2 aromatic carbocycles. The van der Waals surface area contributed by atoms with E-state index in [0.717, 1.165) is 6.42 Å². The molecule has 8 nitrogen and oxygen atoms in total. The summed E-state index contributed by atoms with van der Waals surface area (Å²) < 4.78 is 0. The number of phenolic OH excluding ortho intramolecular Hbond substituents is 2. The van der Waals surface area contributed by atoms with E-state index in [2.05, 4.69) is 10.6 Å². The summed E-state index contributed by atoms with van der Waals surface area (Å²) >= 11 is 0. The van der Waals surface area contributed by atoms with Gasteiger partial charge in [0.25, 0.3) is 11.8 Å². The van der Waals surface area contributed by atoms with Crippen molar-refractivity contribution < 1.29 is 19.8 Å². The van der Waals surface area contributed by atoms with Gasteiger partial charge in [-0.2, -0.15) is 10.5 Å². The van der Waals surface area contributed by atoms with E-state index in [1.54, 1.807) is 24.3 Å². The zero-order valence-electron chi connectivity index (χ0n) is 17.9. The molecule has 8 heteroatoms. The van der Waals surface area contributed by atoms with E-state index in [0.29, 0.717) is 37.1 Å². The number of hydrogen-bond acceptors (Lipinski definition) is 6. The number of rotatable bonds is 10. The minimum atomic E-state index is -0.495. The molecule has 0 aliphatic rings. The van der Waals surface area contributed by atoms with E-state index in [4.69, 9.17) is 0 Å². The summed E-state index contributed by atoms with van der Waals surface area (Å²) in [6, 6.07) is 16.2. The predicted molar refractivity (Wildman–Crippen MR) is 123 cm³/mol. The Labute approximate surface area is 192 Å². The molecule has 0 radical (unpaired) electrons. The molecule has 2 rings (SSSR count). The maximum absolute atomic E-state index is 12.1. The van der Waals surface area contributed by atoms with Crippen LogP contribution in [0.1, 0.15) is 30.4 Å². The predicted octanol–water partition coefficient (Wildman–Crippen LogP) is 3.01. The van der Waals surface area contributed by atoms with Crippen molar-refractivity contribution in [3.8, 4) is 23.6 Å². The average molecular weight is 444 g/mol. The van der Waals surface area contributed by atoms with Crippen LogP contribution in [0.5, 0.6) is 11.5 Å². The van der Waals surface area contributed by atoms with E-state index in [-0.39, 0.29) is 22.6 Å². The summed E-state index contributed by atoms with van der Waals surface area (Å²) in [5, 5.41) is 42.7. The highest BCUT2D eigenvalue weighted by atomic mass is 16.3. The number of amides is 2. The van der Waals surface area contributed by atoms with Gasteiger partial charge in [0.05, 0.1) is 0 Å². The smallest absolute Gasteiger partial charge is 0.261 e. The van der Waals surface area contributed by atoms with E-state index in [1.807, 2.05) is 12.1 Å². The number of nitrogens with zero attached hydrogens (tertiary/aromatic N) is 2. The molecule has 2 aromatic rings. The highest BCUT2D eigenvalue weighted by molar-refractivity contribution is 6.02. The van der Waals surface area contributed by atoms with E-state index in [9.17, 15) is 30.3 Å². The van der Waals surface area contributed by atoms with Gasteiger partial charge in [-0.15, -0.1) is 0 Å². The van der Waals surface area contributed by atoms with Gasteiger partial charge in [-0.25, -0.2) is 0 Å². The van der Waals surface area contributed by atoms with Crippen molar-refractivity contribution in [1.82, 2.24) is 10.6 Å². The minimum absolute atomic E-state index is 0.0466. The van der Waals surface area contributed by atoms with Crippen LogP contribution in [0.3, 0.4) is 0 Å². The van der Waals surface area contributed by atoms with Gasteiger partial charge in [-0.05, 0) is 66.8 Å². The van der Waals surface area contributed by atoms with Gasteiger partial charge in [-0.1, -0.05) is 24.3 Å². The lowest BCUT2D eigenvalue weighted by atomic mass is 10.1. The van der Waals surface area contributed by atoms with Crippen LogP contribution >= 0.6 is 0 Å². The second-order valence-corrected chi connectivity index (χ2v) is 7.10. The highest BCUT2D eigenvalue weighted by Gasteiger charge is 2.10. The van der Waals surface area contributed by atoms with Crippen molar-refractivity contribution in [2.75, 3.05) is 13.1 Å². The fraction of sp³-hybridized carbons (Fsp3) is 0.200. The summed E-state index contributed by atoms with van der Waals surface area (Å²) in [5.41, 5.74) is 0.977. The van der Waals surface area contributed by atoms with Gasteiger partial charge >= 0.3 is 0 Å². The first-order chi connectivity index (χ1) is 15.9. The second-order valence-electron chi connectivity index (χ2n) is 7.10. The molecule has 0 saturated heterocycles. The van der Waals surface area contributed by atoms with Gasteiger partial charge in [-0.3, -0.25) is 9.59 Å². The Morgan fingerprint density at radius 2 is 1.18 bits per heavy atom. The second kappa shape index (κ2) is 13.0. The molecule has 0 fully saturated rings. The standard InChI is InChI=1S/C25H24N4O4/c26-16-20(12-18-6-4-8-22(30)14-18)24(32)28-10-2-1-3-11-29-25(33)21(17-27)13-19-7-5-9-23(31)15-19/h4-9,12-15,30-31H,1-3,10-11H2,(H,28,32)(H,29,33)/b20-12+,21-13+. The molecule has 2 amide bonds. The number of carbonyl (C=O) groups is 2. The van der Waals surface area contributed by atoms with Gasteiger partial charge in [0.2, 0.25) is 0 Å². The summed E-state index contributed by atoms with van der Waals surface area (Å²) in [4.78, 5) is 24.3. The van der Waals surface area contributed by atoms with Crippen molar-refractivity contribution in [3.63, 3.8) is 0 Å². The van der Waals surface area contributed by atoms with Crippen molar-refractivity contribution in [3.05, 3.63) is 70.8 Å². The normalized spacial score (nSPS) is 11.2. The van der Waals surface area contributed by atoms with Crippen LogP contribution in [-0.2, 0) is 9.59 Å². The summed E-state index contributed by atoms with van der Waals surface area (Å²) in [7, 11) is 0. The quantitative estimate of drug-likeness (QED) is 0.252. The number of benzene rings is 2. The molecule has 168 valence electrons. The molecule has 33 heavy (non-hydrogen) atoms. The fourth-order valence-corrected chi connectivity index (χ4v) is 2.88. The topological polar surface area (TPSA) is 146 Å². The number of nitrogens with one attached hydrogen (secondary N) is 2. The van der Waals surface area contributed by atoms with E-state index < -0.39 is 11.8 Å². The zero-order valence-corrected chi connectivity index (χ0v) is 17.9. The molecular weight excluding hydrogens is 420 g/mol. The summed E-state index contributed by atoms with van der Waals surface area (Å²) in [6.45, 7) is 0.735. The van der Waals surface area contributed by atoms with Crippen LogP contribution in [0, 0.1) is 22.7 Å². The molecule has 0 spiro atoms. The van der Waals surface area contributed by atoms with Crippen molar-refractivity contribution in [2.45, 2.75) is 19.3 Å².